The Labute approximate surface area is 127 Å². The van der Waals surface area contributed by atoms with Crippen molar-refractivity contribution < 1.29 is 10.2 Å². The molecule has 21 heavy (non-hydrogen) atoms. The molecule has 1 saturated heterocycles. The minimum atomic E-state index is -0.692. The molecular formula is C17H28N2O2. The smallest absolute Gasteiger partial charge is 0.0715 e. The van der Waals surface area contributed by atoms with Crippen molar-refractivity contribution in [2.24, 2.45) is 0 Å². The molecule has 0 aliphatic carbocycles. The summed E-state index contributed by atoms with van der Waals surface area (Å²) in [5.74, 6) is 0. The highest BCUT2D eigenvalue weighted by Gasteiger charge is 2.18. The van der Waals surface area contributed by atoms with Gasteiger partial charge in [-0.3, -0.25) is 0 Å². The van der Waals surface area contributed by atoms with Gasteiger partial charge in [-0.2, -0.15) is 0 Å². The lowest BCUT2D eigenvalue weighted by Crippen LogP contribution is -2.36. The summed E-state index contributed by atoms with van der Waals surface area (Å²) in [5, 5.41) is 22.7. The van der Waals surface area contributed by atoms with Gasteiger partial charge in [0.2, 0.25) is 0 Å². The van der Waals surface area contributed by atoms with Gasteiger partial charge in [-0.05, 0) is 51.3 Å². The van der Waals surface area contributed by atoms with E-state index in [0.717, 1.165) is 25.9 Å². The van der Waals surface area contributed by atoms with E-state index in [1.807, 2.05) is 0 Å². The predicted octanol–water partition coefficient (Wildman–Crippen LogP) is 2.07. The summed E-state index contributed by atoms with van der Waals surface area (Å²) < 4.78 is 0. The number of nitrogens with zero attached hydrogens (tertiary/aromatic N) is 1. The summed E-state index contributed by atoms with van der Waals surface area (Å²) in [6.07, 6.45) is 1.57. The standard InChI is InChI=1S/C17H28N2O2/c1-13(18-12-17(2,3)21)14-4-6-15(7-5-14)19-10-8-16(20)9-11-19/h4-7,13,16,18,20-21H,8-12H2,1-3H3. The molecule has 1 aliphatic heterocycles. The number of anilines is 1. The van der Waals surface area contributed by atoms with Crippen LogP contribution in [0.4, 0.5) is 5.69 Å². The molecule has 3 N–H and O–H groups in total. The van der Waals surface area contributed by atoms with Crippen LogP contribution in [-0.4, -0.2) is 41.6 Å². The second kappa shape index (κ2) is 6.77. The third-order valence-corrected chi connectivity index (χ3v) is 4.06. The number of rotatable bonds is 5. The van der Waals surface area contributed by atoms with E-state index in [-0.39, 0.29) is 12.1 Å². The van der Waals surface area contributed by atoms with Crippen LogP contribution in [0.5, 0.6) is 0 Å². The maximum Gasteiger partial charge on any atom is 0.0715 e. The molecule has 0 spiro atoms. The third kappa shape index (κ3) is 4.99. The molecule has 1 aromatic rings. The van der Waals surface area contributed by atoms with Gasteiger partial charge in [0.15, 0.2) is 0 Å². The van der Waals surface area contributed by atoms with E-state index in [9.17, 15) is 10.2 Å². The van der Waals surface area contributed by atoms with E-state index in [0.29, 0.717) is 6.54 Å². The first-order chi connectivity index (χ1) is 9.85. The Balaban J connectivity index is 1.92. The van der Waals surface area contributed by atoms with Gasteiger partial charge >= 0.3 is 0 Å². The zero-order chi connectivity index (χ0) is 15.5. The topological polar surface area (TPSA) is 55.7 Å². The zero-order valence-electron chi connectivity index (χ0n) is 13.3. The molecule has 0 amide bonds. The average Bonchev–Trinajstić information content (AvgIpc) is 2.45. The fourth-order valence-corrected chi connectivity index (χ4v) is 2.62. The summed E-state index contributed by atoms with van der Waals surface area (Å²) in [4.78, 5) is 2.32. The normalized spacial score (nSPS) is 18.8. The number of aliphatic hydroxyl groups excluding tert-OH is 1. The van der Waals surface area contributed by atoms with E-state index < -0.39 is 5.60 Å². The summed E-state index contributed by atoms with van der Waals surface area (Å²) >= 11 is 0. The molecule has 0 saturated carbocycles. The van der Waals surface area contributed by atoms with Crippen LogP contribution in [0, 0.1) is 0 Å². The van der Waals surface area contributed by atoms with E-state index in [1.165, 1.54) is 11.3 Å². The first kappa shape index (κ1) is 16.3. The maximum atomic E-state index is 9.76. The van der Waals surface area contributed by atoms with Crippen LogP contribution in [0.2, 0.25) is 0 Å². The second-order valence-electron chi connectivity index (χ2n) is 6.72. The minimum Gasteiger partial charge on any atom is -0.393 e. The van der Waals surface area contributed by atoms with E-state index in [1.54, 1.807) is 13.8 Å². The van der Waals surface area contributed by atoms with Crippen LogP contribution in [0.15, 0.2) is 24.3 Å². The Hall–Kier alpha value is -1.10. The van der Waals surface area contributed by atoms with Gasteiger partial charge in [-0.15, -0.1) is 0 Å². The summed E-state index contributed by atoms with van der Waals surface area (Å²) in [5.41, 5.74) is 1.75. The predicted molar refractivity (Wildman–Crippen MR) is 86.6 cm³/mol. The molecule has 118 valence electrons. The molecule has 4 heteroatoms. The molecule has 1 heterocycles. The van der Waals surface area contributed by atoms with E-state index >= 15 is 0 Å². The van der Waals surface area contributed by atoms with Crippen molar-refractivity contribution in [3.05, 3.63) is 29.8 Å². The van der Waals surface area contributed by atoms with Crippen LogP contribution in [0.1, 0.15) is 45.2 Å². The molecule has 2 rings (SSSR count). The number of aliphatic hydroxyl groups is 2. The fourth-order valence-electron chi connectivity index (χ4n) is 2.62. The SMILES string of the molecule is CC(NCC(C)(C)O)c1ccc(N2CCC(O)CC2)cc1. The molecule has 1 aliphatic rings. The quantitative estimate of drug-likeness (QED) is 0.777. The van der Waals surface area contributed by atoms with Crippen molar-refractivity contribution >= 4 is 5.69 Å². The molecule has 0 aromatic heterocycles. The lowest BCUT2D eigenvalue weighted by molar-refractivity contribution is 0.0770. The lowest BCUT2D eigenvalue weighted by atomic mass is 10.0. The van der Waals surface area contributed by atoms with E-state index in [2.05, 4.69) is 41.4 Å². The van der Waals surface area contributed by atoms with Gasteiger partial charge in [-0.25, -0.2) is 0 Å². The Morgan fingerprint density at radius 2 is 1.81 bits per heavy atom. The highest BCUT2D eigenvalue weighted by atomic mass is 16.3. The number of hydrogen-bond acceptors (Lipinski definition) is 4. The van der Waals surface area contributed by atoms with Crippen molar-refractivity contribution in [3.63, 3.8) is 0 Å². The Morgan fingerprint density at radius 1 is 1.24 bits per heavy atom. The number of benzene rings is 1. The minimum absolute atomic E-state index is 0.133. The largest absolute Gasteiger partial charge is 0.393 e. The first-order valence-corrected chi connectivity index (χ1v) is 7.84. The van der Waals surface area contributed by atoms with Gasteiger partial charge in [0.1, 0.15) is 0 Å². The molecule has 1 fully saturated rings. The van der Waals surface area contributed by atoms with Crippen molar-refractivity contribution in [3.8, 4) is 0 Å². The number of piperidine rings is 1. The fraction of sp³-hybridized carbons (Fsp3) is 0.647. The van der Waals surface area contributed by atoms with Gasteiger partial charge in [0.25, 0.3) is 0 Å². The van der Waals surface area contributed by atoms with Gasteiger partial charge in [-0.1, -0.05) is 12.1 Å². The molecule has 1 atom stereocenters. The maximum absolute atomic E-state index is 9.76. The highest BCUT2D eigenvalue weighted by Crippen LogP contribution is 2.22. The van der Waals surface area contributed by atoms with Gasteiger partial charge < -0.3 is 20.4 Å². The van der Waals surface area contributed by atoms with Crippen molar-refractivity contribution in [2.45, 2.75) is 51.4 Å². The lowest BCUT2D eigenvalue weighted by Gasteiger charge is -2.31. The van der Waals surface area contributed by atoms with Crippen LogP contribution in [0.25, 0.3) is 0 Å². The number of nitrogens with one attached hydrogen (secondary N) is 1. The Morgan fingerprint density at radius 3 is 2.33 bits per heavy atom. The van der Waals surface area contributed by atoms with Gasteiger partial charge in [0, 0.05) is 31.4 Å². The van der Waals surface area contributed by atoms with Gasteiger partial charge in [0.05, 0.1) is 11.7 Å². The zero-order valence-corrected chi connectivity index (χ0v) is 13.3. The molecular weight excluding hydrogens is 264 g/mol. The van der Waals surface area contributed by atoms with Crippen molar-refractivity contribution in [2.75, 3.05) is 24.5 Å². The summed E-state index contributed by atoms with van der Waals surface area (Å²) in [6.45, 7) is 8.14. The Kier molecular flexibility index (Phi) is 5.25. The molecule has 4 nitrogen and oxygen atoms in total. The monoisotopic (exact) mass is 292 g/mol. The summed E-state index contributed by atoms with van der Waals surface area (Å²) in [7, 11) is 0. The number of hydrogen-bond donors (Lipinski definition) is 3. The van der Waals surface area contributed by atoms with Crippen molar-refractivity contribution in [1.29, 1.82) is 0 Å². The highest BCUT2D eigenvalue weighted by molar-refractivity contribution is 5.48. The average molecular weight is 292 g/mol. The first-order valence-electron chi connectivity index (χ1n) is 7.84. The molecule has 1 aromatic carbocycles. The molecule has 1 unspecified atom stereocenters. The summed E-state index contributed by atoms with van der Waals surface area (Å²) in [6, 6.07) is 8.80. The van der Waals surface area contributed by atoms with Crippen LogP contribution in [-0.2, 0) is 0 Å². The van der Waals surface area contributed by atoms with Crippen molar-refractivity contribution in [1.82, 2.24) is 5.32 Å². The van der Waals surface area contributed by atoms with E-state index in [4.69, 9.17) is 0 Å². The second-order valence-corrected chi connectivity index (χ2v) is 6.72. The third-order valence-electron chi connectivity index (χ3n) is 4.06. The van der Waals surface area contributed by atoms with Crippen LogP contribution in [0.3, 0.4) is 0 Å². The molecule has 0 bridgehead atoms. The van der Waals surface area contributed by atoms with Crippen LogP contribution < -0.4 is 10.2 Å². The molecule has 0 radical (unpaired) electrons. The van der Waals surface area contributed by atoms with Crippen LogP contribution >= 0.6 is 0 Å². The Bertz CT molecular complexity index is 431.